The zero-order chi connectivity index (χ0) is 34.6. The summed E-state index contributed by atoms with van der Waals surface area (Å²) in [5, 5.41) is 0. The number of rotatable bonds is 0. The van der Waals surface area contributed by atoms with E-state index in [0.29, 0.717) is 60.5 Å². The Morgan fingerprint density at radius 3 is 2.38 bits per heavy atom. The summed E-state index contributed by atoms with van der Waals surface area (Å²) in [4.78, 5) is 33.6. The highest BCUT2D eigenvalue weighted by molar-refractivity contribution is 8.44. The van der Waals surface area contributed by atoms with E-state index in [2.05, 4.69) is 55.4 Å². The highest BCUT2D eigenvalue weighted by Gasteiger charge is 2.54. The van der Waals surface area contributed by atoms with Crippen LogP contribution >= 0.6 is 25.8 Å². The first-order valence-electron chi connectivity index (χ1n) is 16.1. The molecule has 0 spiro atoms. The predicted molar refractivity (Wildman–Crippen MR) is 182 cm³/mol. The molecule has 0 aliphatic carbocycles. The zero-order valence-electron chi connectivity index (χ0n) is 26.3. The summed E-state index contributed by atoms with van der Waals surface area (Å²) >= 11 is 9.38. The van der Waals surface area contributed by atoms with Crippen molar-refractivity contribution in [3.63, 3.8) is 0 Å². The fourth-order valence-electron chi connectivity index (χ4n) is 6.72. The first kappa shape index (κ1) is 34.8. The minimum Gasteiger partial charge on any atom is -0.346 e. The van der Waals surface area contributed by atoms with Crippen LogP contribution in [0.25, 0.3) is 16.7 Å². The van der Waals surface area contributed by atoms with Crippen molar-refractivity contribution in [2.24, 2.45) is 4.99 Å². The Labute approximate surface area is 295 Å². The summed E-state index contributed by atoms with van der Waals surface area (Å²) < 4.78 is 83.8. The van der Waals surface area contributed by atoms with Crippen LogP contribution in [0.15, 0.2) is 42.2 Å². The lowest BCUT2D eigenvalue weighted by atomic mass is 10.0. The molecule has 14 bridgehead atoms. The quantitative estimate of drug-likeness (QED) is 0.169. The second-order valence-electron chi connectivity index (χ2n) is 12.3. The van der Waals surface area contributed by atoms with Gasteiger partial charge in [-0.25, -0.2) is 38.3 Å². The van der Waals surface area contributed by atoms with Gasteiger partial charge >= 0.3 is 13.5 Å². The van der Waals surface area contributed by atoms with E-state index in [4.69, 9.17) is 39.4 Å². The molecule has 0 radical (unpaired) electrons. The van der Waals surface area contributed by atoms with Crippen LogP contribution in [0.1, 0.15) is 55.9 Å². The van der Waals surface area contributed by atoms with Crippen LogP contribution < -0.4 is 0 Å². The van der Waals surface area contributed by atoms with Gasteiger partial charge in [0.2, 0.25) is 0 Å². The van der Waals surface area contributed by atoms with Gasteiger partial charge in [-0.15, -0.1) is 0 Å². The topological polar surface area (TPSA) is 166 Å². The molecule has 0 saturated carbocycles. The molecule has 3 saturated heterocycles. The van der Waals surface area contributed by atoms with Gasteiger partial charge in [-0.3, -0.25) is 22.7 Å². The van der Waals surface area contributed by atoms with E-state index >= 15 is 8.78 Å². The third-order valence-corrected chi connectivity index (χ3v) is 12.3. The smallest absolute Gasteiger partial charge is 0.346 e. The molecule has 1 N–H and O–H groups in total. The summed E-state index contributed by atoms with van der Waals surface area (Å²) in [5.41, 5.74) is 2.96. The number of alkyl halides is 2. The van der Waals surface area contributed by atoms with Gasteiger partial charge in [0.15, 0.2) is 36.3 Å². The molecule has 5 unspecified atom stereocenters. The minimum absolute atomic E-state index is 0.308. The highest BCUT2D eigenvalue weighted by atomic mass is 32.7. The average molecular weight is 772 g/mol. The molecule has 3 fully saturated rings. The molecule has 9 heterocycles. The number of allylic oxidation sites excluding steroid dienone is 4. The maximum Gasteiger partial charge on any atom is 0.386 e. The van der Waals surface area contributed by atoms with Gasteiger partial charge in [0.1, 0.15) is 42.0 Å². The minimum atomic E-state index is -4.36. The molecular weight excluding hydrogens is 738 g/mol. The zero-order valence-corrected chi connectivity index (χ0v) is 29.8. The number of imidazole rings is 2. The SMILES string of the molecule is O=P1(S)OCC2OC3[C@H](F)[C@@H]2OP(O)(=S)OCC2O[C@H]([C@H](F)[C@@H]2O1)n1cnc2c(ncnc21)CC/C=C/CCC1=CCCC=Nc2c1ncn23. The van der Waals surface area contributed by atoms with Crippen molar-refractivity contribution in [2.45, 2.75) is 87.7 Å². The van der Waals surface area contributed by atoms with Gasteiger partial charge in [0.25, 0.3) is 0 Å². The van der Waals surface area contributed by atoms with Gasteiger partial charge in [-0.1, -0.05) is 30.5 Å². The molecule has 268 valence electrons. The van der Waals surface area contributed by atoms with Crippen molar-refractivity contribution in [1.82, 2.24) is 29.1 Å². The van der Waals surface area contributed by atoms with Gasteiger partial charge in [0, 0.05) is 6.21 Å². The van der Waals surface area contributed by atoms with Crippen molar-refractivity contribution in [3.8, 4) is 0 Å². The van der Waals surface area contributed by atoms with Crippen molar-refractivity contribution in [2.75, 3.05) is 13.2 Å². The lowest BCUT2D eigenvalue weighted by Crippen LogP contribution is -2.37. The Balaban J connectivity index is 1.21. The lowest BCUT2D eigenvalue weighted by molar-refractivity contribution is -0.0566. The number of nitrogens with zero attached hydrogens (tertiary/aromatic N) is 7. The molecule has 21 heteroatoms. The third kappa shape index (κ3) is 6.71. The Bertz CT molecular complexity index is 1960. The Morgan fingerprint density at radius 2 is 1.58 bits per heavy atom. The van der Waals surface area contributed by atoms with Crippen LogP contribution in [0.5, 0.6) is 0 Å². The number of hydrogen-bond acceptors (Lipinski definition) is 13. The second-order valence-corrected chi connectivity index (χ2v) is 18.0. The Morgan fingerprint density at radius 1 is 0.880 bits per heavy atom. The number of aromatic nitrogens is 6. The normalized spacial score (nSPS) is 38.6. The summed E-state index contributed by atoms with van der Waals surface area (Å²) in [5.74, 6) is 0.379. The predicted octanol–water partition coefficient (Wildman–Crippen LogP) is 5.43. The summed E-state index contributed by atoms with van der Waals surface area (Å²) in [6.45, 7) is -9.74. The van der Waals surface area contributed by atoms with E-state index in [9.17, 15) is 9.46 Å². The highest BCUT2D eigenvalue weighted by Crippen LogP contribution is 2.59. The van der Waals surface area contributed by atoms with Crippen molar-refractivity contribution < 1.29 is 45.8 Å². The number of aliphatic imine (C=N–C) groups is 1. The molecule has 6 aliphatic heterocycles. The lowest BCUT2D eigenvalue weighted by Gasteiger charge is -2.29. The van der Waals surface area contributed by atoms with Crippen molar-refractivity contribution >= 4 is 66.3 Å². The molecule has 10 atom stereocenters. The third-order valence-electron chi connectivity index (χ3n) is 9.10. The van der Waals surface area contributed by atoms with Crippen LogP contribution in [0, 0.1) is 0 Å². The number of hydrogen-bond donors (Lipinski definition) is 2. The first-order valence-corrected chi connectivity index (χ1v) is 21.4. The molecule has 9 rings (SSSR count). The summed E-state index contributed by atoms with van der Waals surface area (Å²) in [6.07, 6.45) is 3.83. The fourth-order valence-corrected chi connectivity index (χ4v) is 9.64. The Kier molecular flexibility index (Phi) is 9.69. The van der Waals surface area contributed by atoms with E-state index in [-0.39, 0.29) is 0 Å². The van der Waals surface area contributed by atoms with Gasteiger partial charge in [0.05, 0.1) is 31.6 Å². The van der Waals surface area contributed by atoms with Gasteiger partial charge < -0.3 is 18.9 Å². The molecule has 3 aromatic heterocycles. The number of halogens is 2. The number of fused-ring (bicyclic) bond motifs is 10. The number of thiol groups is 1. The maximum absolute atomic E-state index is 16.5. The summed E-state index contributed by atoms with van der Waals surface area (Å²) in [6, 6.07) is 0. The molecular formula is C29H33F2N7O8P2S2. The van der Waals surface area contributed by atoms with E-state index in [1.807, 2.05) is 0 Å². The molecule has 0 amide bonds. The van der Waals surface area contributed by atoms with Crippen LogP contribution in [-0.2, 0) is 50.4 Å². The van der Waals surface area contributed by atoms with Crippen molar-refractivity contribution in [3.05, 3.63) is 48.6 Å². The van der Waals surface area contributed by atoms with E-state index in [0.717, 1.165) is 12.0 Å². The fraction of sp³-hybridized carbons (Fsp3) is 0.552. The molecule has 6 aliphatic rings. The Hall–Kier alpha value is -2.28. The number of ether oxygens (including phenoxy) is 2. The molecule has 3 aromatic rings. The van der Waals surface area contributed by atoms with Gasteiger partial charge in [-0.05, 0) is 55.9 Å². The standard InChI is InChI=1S/C29H33F2N7O8P2S2/c30-20-24-18-11-41-48(40,50)46-25-19(12-42-47(39,49)45-24)44-29(21(25)31)38-15-36-23-17(33-13-34-27(23)38)9-4-2-1-3-7-16-8-5-6-10-32-26-22(16)35-14-37(26)28(20)43-18/h1-2,8,10,13-15,18-21,24-25,28-29H,3-7,9,11-12H2,(H,39,49)(H,40,50)/b2-1+,16-8?,32-10?/t18?,19?,20-,21-,24-,25-,28?,29-,47?,48?/m1/s1. The molecule has 15 nitrogen and oxygen atoms in total. The van der Waals surface area contributed by atoms with Crippen molar-refractivity contribution in [1.29, 1.82) is 0 Å². The number of aryl methyl sites for hydroxylation is 1. The largest absolute Gasteiger partial charge is 0.386 e. The van der Waals surface area contributed by atoms with Gasteiger partial charge in [-0.2, -0.15) is 0 Å². The van der Waals surface area contributed by atoms with Crippen LogP contribution in [-0.4, -0.2) is 90.2 Å². The first-order chi connectivity index (χ1) is 24.1. The monoisotopic (exact) mass is 771 g/mol. The molecule has 50 heavy (non-hydrogen) atoms. The summed E-state index contributed by atoms with van der Waals surface area (Å²) in [7, 11) is 0. The second kappa shape index (κ2) is 13.9. The maximum atomic E-state index is 16.5. The van der Waals surface area contributed by atoms with E-state index in [1.54, 1.807) is 6.21 Å². The van der Waals surface area contributed by atoms with E-state index in [1.165, 1.54) is 28.1 Å². The van der Waals surface area contributed by atoms with Crippen LogP contribution in [0.3, 0.4) is 0 Å². The molecule has 0 aromatic carbocycles. The van der Waals surface area contributed by atoms with Crippen LogP contribution in [0.2, 0.25) is 0 Å². The van der Waals surface area contributed by atoms with E-state index < -0.39 is 75.9 Å². The average Bonchev–Trinajstić information content (AvgIpc) is 3.82. The van der Waals surface area contributed by atoms with Crippen LogP contribution in [0.4, 0.5) is 14.6 Å².